The second kappa shape index (κ2) is 3.44. The van der Waals surface area contributed by atoms with Gasteiger partial charge in [-0.15, -0.1) is 0 Å². The molecule has 1 aliphatic carbocycles. The van der Waals surface area contributed by atoms with Crippen LogP contribution in [0.2, 0.25) is 0 Å². The molecule has 1 amide bonds. The van der Waals surface area contributed by atoms with E-state index < -0.39 is 0 Å². The Labute approximate surface area is 73.9 Å². The van der Waals surface area contributed by atoms with Crippen molar-refractivity contribution in [2.24, 2.45) is 23.5 Å². The van der Waals surface area contributed by atoms with Gasteiger partial charge in [0.05, 0.1) is 0 Å². The molecule has 2 atom stereocenters. The average Bonchev–Trinajstić information content (AvgIpc) is 2.55. The summed E-state index contributed by atoms with van der Waals surface area (Å²) in [6.45, 7) is 6.14. The van der Waals surface area contributed by atoms with E-state index in [0.29, 0.717) is 11.8 Å². The molecule has 1 aliphatic heterocycles. The van der Waals surface area contributed by atoms with E-state index >= 15 is 0 Å². The van der Waals surface area contributed by atoms with Crippen molar-refractivity contribution < 1.29 is 4.79 Å². The number of likely N-dealkylation sites (tertiary alicyclic amines) is 1. The lowest BCUT2D eigenvalue weighted by Crippen LogP contribution is -2.25. The van der Waals surface area contributed by atoms with Gasteiger partial charge < -0.3 is 10.6 Å². The van der Waals surface area contributed by atoms with Gasteiger partial charge in [0.1, 0.15) is 0 Å². The highest BCUT2D eigenvalue weighted by Gasteiger charge is 2.57. The Morgan fingerprint density at radius 3 is 2.08 bits per heavy atom. The van der Waals surface area contributed by atoms with Crippen LogP contribution < -0.4 is 5.73 Å². The minimum atomic E-state index is -0.0944. The Balaban J connectivity index is 0.000000336. The van der Waals surface area contributed by atoms with Crippen LogP contribution in [0.3, 0.4) is 0 Å². The zero-order valence-electron chi connectivity index (χ0n) is 8.08. The van der Waals surface area contributed by atoms with E-state index in [0.717, 1.165) is 13.1 Å². The maximum Gasteiger partial charge on any atom is 0.221 e. The standard InChI is InChI=1S/C7H12N2O.C2H6/c1-9-2-4-5(3-9)6(4)7(8)10;1-2/h4-6H,2-3H2,1H3,(H2,8,10);1-2H3. The highest BCUT2D eigenvalue weighted by Crippen LogP contribution is 2.50. The molecule has 2 unspecified atom stereocenters. The van der Waals surface area contributed by atoms with E-state index in [2.05, 4.69) is 11.9 Å². The van der Waals surface area contributed by atoms with Crippen LogP contribution >= 0.6 is 0 Å². The fraction of sp³-hybridized carbons (Fsp3) is 0.889. The Bertz CT molecular complexity index is 169. The second-order valence-corrected chi connectivity index (χ2v) is 3.48. The first kappa shape index (κ1) is 9.52. The molecule has 0 spiro atoms. The SMILES string of the molecule is CC.CN1CC2C(C1)C2C(N)=O. The summed E-state index contributed by atoms with van der Waals surface area (Å²) in [4.78, 5) is 12.9. The summed E-state index contributed by atoms with van der Waals surface area (Å²) >= 11 is 0. The summed E-state index contributed by atoms with van der Waals surface area (Å²) in [6, 6.07) is 0. The Hall–Kier alpha value is -0.570. The van der Waals surface area contributed by atoms with Crippen LogP contribution in [0.1, 0.15) is 13.8 Å². The molecule has 3 heteroatoms. The minimum absolute atomic E-state index is 0.0944. The zero-order chi connectivity index (χ0) is 9.30. The van der Waals surface area contributed by atoms with Crippen LogP contribution in [0, 0.1) is 17.8 Å². The number of amides is 1. The highest BCUT2D eigenvalue weighted by atomic mass is 16.1. The van der Waals surface area contributed by atoms with Gasteiger partial charge in [-0.1, -0.05) is 13.8 Å². The molecule has 70 valence electrons. The Morgan fingerprint density at radius 2 is 1.75 bits per heavy atom. The topological polar surface area (TPSA) is 46.3 Å². The van der Waals surface area contributed by atoms with Crippen LogP contribution in [-0.4, -0.2) is 30.9 Å². The van der Waals surface area contributed by atoms with Gasteiger partial charge in [-0.2, -0.15) is 0 Å². The van der Waals surface area contributed by atoms with E-state index in [9.17, 15) is 4.79 Å². The molecule has 1 saturated carbocycles. The lowest BCUT2D eigenvalue weighted by Gasteiger charge is -2.10. The number of hydrogen-bond donors (Lipinski definition) is 1. The number of fused-ring (bicyclic) bond motifs is 1. The van der Waals surface area contributed by atoms with Crippen LogP contribution in [0.25, 0.3) is 0 Å². The lowest BCUT2D eigenvalue weighted by molar-refractivity contribution is -0.120. The predicted octanol–water partition coefficient (Wildman–Crippen LogP) is 0.305. The van der Waals surface area contributed by atoms with Crippen molar-refractivity contribution in [3.05, 3.63) is 0 Å². The third-order valence-corrected chi connectivity index (χ3v) is 2.71. The molecule has 2 aliphatic rings. The normalized spacial score (nSPS) is 38.1. The van der Waals surface area contributed by atoms with Gasteiger partial charge in [0, 0.05) is 19.0 Å². The van der Waals surface area contributed by atoms with Gasteiger partial charge >= 0.3 is 0 Å². The number of carbonyl (C=O) groups excluding carboxylic acids is 1. The van der Waals surface area contributed by atoms with Crippen molar-refractivity contribution in [3.63, 3.8) is 0 Å². The quantitative estimate of drug-likeness (QED) is 0.615. The molecule has 0 aromatic carbocycles. The summed E-state index contributed by atoms with van der Waals surface area (Å²) in [6.07, 6.45) is 0. The van der Waals surface area contributed by atoms with Crippen LogP contribution in [-0.2, 0) is 4.79 Å². The van der Waals surface area contributed by atoms with Crippen LogP contribution in [0.5, 0.6) is 0 Å². The largest absolute Gasteiger partial charge is 0.369 e. The second-order valence-electron chi connectivity index (χ2n) is 3.48. The number of carbonyl (C=O) groups is 1. The number of rotatable bonds is 1. The number of nitrogens with two attached hydrogens (primary N) is 1. The predicted molar refractivity (Wildman–Crippen MR) is 48.5 cm³/mol. The summed E-state index contributed by atoms with van der Waals surface area (Å²) in [5.41, 5.74) is 5.18. The van der Waals surface area contributed by atoms with Crippen molar-refractivity contribution in [1.82, 2.24) is 4.90 Å². The van der Waals surface area contributed by atoms with Gasteiger partial charge in [0.15, 0.2) is 0 Å². The molecular formula is C9H18N2O. The van der Waals surface area contributed by atoms with Crippen molar-refractivity contribution >= 4 is 5.91 Å². The molecule has 12 heavy (non-hydrogen) atoms. The van der Waals surface area contributed by atoms with E-state index in [1.807, 2.05) is 13.8 Å². The first-order valence-electron chi connectivity index (χ1n) is 4.68. The molecule has 2 rings (SSSR count). The van der Waals surface area contributed by atoms with Crippen molar-refractivity contribution in [2.45, 2.75) is 13.8 Å². The Kier molecular flexibility index (Phi) is 2.73. The lowest BCUT2D eigenvalue weighted by atomic mass is 10.2. The van der Waals surface area contributed by atoms with Gasteiger partial charge in [-0.05, 0) is 18.9 Å². The molecular weight excluding hydrogens is 152 g/mol. The molecule has 0 aromatic rings. The number of hydrogen-bond acceptors (Lipinski definition) is 2. The monoisotopic (exact) mass is 170 g/mol. The molecule has 1 heterocycles. The summed E-state index contributed by atoms with van der Waals surface area (Å²) < 4.78 is 0. The fourth-order valence-electron chi connectivity index (χ4n) is 2.16. The van der Waals surface area contributed by atoms with Crippen LogP contribution in [0.15, 0.2) is 0 Å². The van der Waals surface area contributed by atoms with E-state index in [4.69, 9.17) is 5.73 Å². The highest BCUT2D eigenvalue weighted by molar-refractivity contribution is 5.80. The molecule has 1 saturated heterocycles. The van der Waals surface area contributed by atoms with Crippen LogP contribution in [0.4, 0.5) is 0 Å². The number of nitrogens with zero attached hydrogens (tertiary/aromatic N) is 1. The zero-order valence-corrected chi connectivity index (χ0v) is 8.08. The minimum Gasteiger partial charge on any atom is -0.369 e. The fourth-order valence-corrected chi connectivity index (χ4v) is 2.16. The molecule has 3 nitrogen and oxygen atoms in total. The molecule has 0 bridgehead atoms. The molecule has 2 N–H and O–H groups in total. The number of primary amides is 1. The first-order valence-corrected chi connectivity index (χ1v) is 4.68. The van der Waals surface area contributed by atoms with Gasteiger partial charge in [-0.25, -0.2) is 0 Å². The first-order chi connectivity index (χ1) is 5.70. The third-order valence-electron chi connectivity index (χ3n) is 2.71. The van der Waals surface area contributed by atoms with Gasteiger partial charge in [0.25, 0.3) is 0 Å². The van der Waals surface area contributed by atoms with E-state index in [-0.39, 0.29) is 11.8 Å². The third kappa shape index (κ3) is 1.46. The van der Waals surface area contributed by atoms with Crippen molar-refractivity contribution in [1.29, 1.82) is 0 Å². The molecule has 0 radical (unpaired) electrons. The summed E-state index contributed by atoms with van der Waals surface area (Å²) in [7, 11) is 2.09. The van der Waals surface area contributed by atoms with Crippen molar-refractivity contribution in [2.75, 3.05) is 20.1 Å². The average molecular weight is 170 g/mol. The van der Waals surface area contributed by atoms with Crippen molar-refractivity contribution in [3.8, 4) is 0 Å². The Morgan fingerprint density at radius 1 is 1.33 bits per heavy atom. The smallest absolute Gasteiger partial charge is 0.221 e. The number of piperidine rings is 1. The summed E-state index contributed by atoms with van der Waals surface area (Å²) in [5.74, 6) is 1.32. The van der Waals surface area contributed by atoms with E-state index in [1.165, 1.54) is 0 Å². The van der Waals surface area contributed by atoms with E-state index in [1.54, 1.807) is 0 Å². The maximum atomic E-state index is 10.7. The maximum absolute atomic E-state index is 10.7. The van der Waals surface area contributed by atoms with Gasteiger partial charge in [-0.3, -0.25) is 4.79 Å². The summed E-state index contributed by atoms with van der Waals surface area (Å²) in [5, 5.41) is 0. The molecule has 2 fully saturated rings. The van der Waals surface area contributed by atoms with Gasteiger partial charge in [0.2, 0.25) is 5.91 Å². The molecule has 0 aromatic heterocycles.